The number of hydrogen-bond acceptors (Lipinski definition) is 4. The van der Waals surface area contributed by atoms with E-state index >= 15 is 0 Å². The van der Waals surface area contributed by atoms with Crippen LogP contribution in [0.5, 0.6) is 5.75 Å². The van der Waals surface area contributed by atoms with Gasteiger partial charge in [0.2, 0.25) is 11.8 Å². The molecule has 2 amide bonds. The van der Waals surface area contributed by atoms with Crippen LogP contribution in [0, 0.1) is 11.8 Å². The van der Waals surface area contributed by atoms with E-state index < -0.39 is 0 Å². The highest BCUT2D eigenvalue weighted by Gasteiger charge is 2.46. The summed E-state index contributed by atoms with van der Waals surface area (Å²) >= 11 is 0. The fourth-order valence-corrected chi connectivity index (χ4v) is 2.95. The molecule has 3 rings (SSSR count). The predicted molar refractivity (Wildman–Crippen MR) is 78.4 cm³/mol. The maximum absolute atomic E-state index is 12.2. The monoisotopic (exact) mass is 286 g/mol. The maximum Gasteiger partial charge on any atom is 0.233 e. The van der Waals surface area contributed by atoms with E-state index in [1.807, 2.05) is 12.2 Å². The van der Waals surface area contributed by atoms with Gasteiger partial charge in [0.25, 0.3) is 0 Å². The number of rotatable bonds is 4. The Kier molecular flexibility index (Phi) is 3.64. The van der Waals surface area contributed by atoms with Crippen molar-refractivity contribution in [3.63, 3.8) is 0 Å². The number of hydrogen-bond donors (Lipinski definition) is 1. The van der Waals surface area contributed by atoms with Gasteiger partial charge in [-0.05, 0) is 25.0 Å². The highest BCUT2D eigenvalue weighted by atomic mass is 16.5. The number of carbonyl (C=O) groups excluding carboxylic acids is 2. The van der Waals surface area contributed by atoms with Crippen molar-refractivity contribution in [2.24, 2.45) is 11.8 Å². The molecule has 1 saturated heterocycles. The van der Waals surface area contributed by atoms with E-state index in [2.05, 4.69) is 0 Å². The van der Waals surface area contributed by atoms with Gasteiger partial charge >= 0.3 is 0 Å². The van der Waals surface area contributed by atoms with Crippen LogP contribution in [0.2, 0.25) is 0 Å². The quantitative estimate of drug-likeness (QED) is 0.518. The average Bonchev–Trinajstić information content (AvgIpc) is 2.73. The fraction of sp³-hybridized carbons (Fsp3) is 0.375. The number of nitrogen functional groups attached to an aromatic ring is 1. The Balaban J connectivity index is 1.58. The fourth-order valence-electron chi connectivity index (χ4n) is 2.95. The third-order valence-corrected chi connectivity index (χ3v) is 4.04. The zero-order valence-electron chi connectivity index (χ0n) is 11.7. The van der Waals surface area contributed by atoms with Gasteiger partial charge in [-0.3, -0.25) is 14.5 Å². The molecule has 110 valence electrons. The van der Waals surface area contributed by atoms with Gasteiger partial charge in [0.05, 0.1) is 18.4 Å². The molecule has 2 N–H and O–H groups in total. The minimum atomic E-state index is -0.171. The summed E-state index contributed by atoms with van der Waals surface area (Å²) in [6.45, 7) is 0.577. The molecule has 0 bridgehead atoms. The molecule has 0 unspecified atom stereocenters. The van der Waals surface area contributed by atoms with Crippen molar-refractivity contribution in [3.05, 3.63) is 36.4 Å². The zero-order chi connectivity index (χ0) is 14.8. The highest BCUT2D eigenvalue weighted by molar-refractivity contribution is 6.05. The lowest BCUT2D eigenvalue weighted by molar-refractivity contribution is -0.140. The van der Waals surface area contributed by atoms with E-state index in [0.717, 1.165) is 0 Å². The molecule has 0 radical (unpaired) electrons. The molecular formula is C16H18N2O3. The summed E-state index contributed by atoms with van der Waals surface area (Å²) in [6.07, 6.45) is 5.31. The van der Waals surface area contributed by atoms with Crippen LogP contribution in [0.15, 0.2) is 36.4 Å². The highest BCUT2D eigenvalue weighted by Crippen LogP contribution is 2.34. The number of amides is 2. The van der Waals surface area contributed by atoms with E-state index in [1.54, 1.807) is 24.3 Å². The van der Waals surface area contributed by atoms with Gasteiger partial charge < -0.3 is 10.5 Å². The second-order valence-electron chi connectivity index (χ2n) is 5.40. The number of likely N-dealkylation sites (tertiary alicyclic amines) is 1. The van der Waals surface area contributed by atoms with Crippen LogP contribution in [-0.2, 0) is 9.59 Å². The molecule has 2 atom stereocenters. The van der Waals surface area contributed by atoms with Gasteiger partial charge in [0.15, 0.2) is 0 Å². The Bertz CT molecular complexity index is 571. The van der Waals surface area contributed by atoms with Crippen LogP contribution in [0.25, 0.3) is 0 Å². The number of nitrogens with two attached hydrogens (primary N) is 1. The minimum absolute atomic E-state index is 0.0643. The molecule has 1 aromatic rings. The Morgan fingerprint density at radius 3 is 2.43 bits per heavy atom. The summed E-state index contributed by atoms with van der Waals surface area (Å²) in [7, 11) is 0. The lowest BCUT2D eigenvalue weighted by Gasteiger charge is -2.15. The van der Waals surface area contributed by atoms with E-state index in [0.29, 0.717) is 30.8 Å². The van der Waals surface area contributed by atoms with Gasteiger partial charge in [-0.15, -0.1) is 0 Å². The van der Waals surface area contributed by atoms with Crippen LogP contribution in [0.1, 0.15) is 12.8 Å². The standard InChI is InChI=1S/C16H18N2O3/c17-11-4-3-5-12(10-11)21-9-8-18-15(19)13-6-1-2-7-14(13)16(18)20/h1-5,10,13-14H,6-9,17H2/t13-,14+. The summed E-state index contributed by atoms with van der Waals surface area (Å²) in [5.41, 5.74) is 6.29. The predicted octanol–water partition coefficient (Wildman–Crippen LogP) is 1.60. The number of imide groups is 1. The van der Waals surface area contributed by atoms with Gasteiger partial charge in [-0.25, -0.2) is 0 Å². The molecule has 5 heteroatoms. The lowest BCUT2D eigenvalue weighted by atomic mass is 9.85. The van der Waals surface area contributed by atoms with Crippen molar-refractivity contribution >= 4 is 17.5 Å². The van der Waals surface area contributed by atoms with Gasteiger partial charge in [0.1, 0.15) is 12.4 Å². The molecule has 0 aromatic heterocycles. The number of ether oxygens (including phenoxy) is 1. The van der Waals surface area contributed by atoms with Crippen molar-refractivity contribution in [1.82, 2.24) is 4.90 Å². The second kappa shape index (κ2) is 5.60. The first-order chi connectivity index (χ1) is 10.2. The first kappa shape index (κ1) is 13.7. The lowest BCUT2D eigenvalue weighted by Crippen LogP contribution is -2.34. The molecule has 5 nitrogen and oxygen atoms in total. The third-order valence-electron chi connectivity index (χ3n) is 4.04. The van der Waals surface area contributed by atoms with Crippen LogP contribution >= 0.6 is 0 Å². The van der Waals surface area contributed by atoms with Crippen LogP contribution in [-0.4, -0.2) is 29.9 Å². The van der Waals surface area contributed by atoms with Gasteiger partial charge in [-0.2, -0.15) is 0 Å². The van der Waals surface area contributed by atoms with Crippen LogP contribution in [0.3, 0.4) is 0 Å². The number of nitrogens with zero attached hydrogens (tertiary/aromatic N) is 1. The summed E-state index contributed by atoms with van der Waals surface area (Å²) in [4.78, 5) is 25.8. The third kappa shape index (κ3) is 2.63. The van der Waals surface area contributed by atoms with Gasteiger partial charge in [-0.1, -0.05) is 18.2 Å². The molecule has 2 aliphatic rings. The van der Waals surface area contributed by atoms with Gasteiger partial charge in [0, 0.05) is 11.8 Å². The van der Waals surface area contributed by atoms with Crippen LogP contribution in [0.4, 0.5) is 5.69 Å². The molecule has 1 aliphatic heterocycles. The second-order valence-corrected chi connectivity index (χ2v) is 5.40. The average molecular weight is 286 g/mol. The molecule has 21 heavy (non-hydrogen) atoms. The van der Waals surface area contributed by atoms with E-state index in [-0.39, 0.29) is 30.3 Å². The van der Waals surface area contributed by atoms with Crippen molar-refractivity contribution in [2.45, 2.75) is 12.8 Å². The summed E-state index contributed by atoms with van der Waals surface area (Å²) in [5.74, 6) is 0.175. The Labute approximate surface area is 123 Å². The van der Waals surface area contributed by atoms with E-state index in [9.17, 15) is 9.59 Å². The first-order valence-electron chi connectivity index (χ1n) is 7.15. The Hall–Kier alpha value is -2.30. The number of carbonyl (C=O) groups is 2. The number of fused-ring (bicyclic) bond motifs is 1. The summed E-state index contributed by atoms with van der Waals surface area (Å²) < 4.78 is 5.56. The molecule has 0 saturated carbocycles. The number of benzene rings is 1. The SMILES string of the molecule is Nc1cccc(OCCN2C(=O)[C@H]3CC=CC[C@H]3C2=O)c1. The van der Waals surface area contributed by atoms with Crippen molar-refractivity contribution in [1.29, 1.82) is 0 Å². The summed E-state index contributed by atoms with van der Waals surface area (Å²) in [6, 6.07) is 7.10. The van der Waals surface area contributed by atoms with Crippen molar-refractivity contribution in [2.75, 3.05) is 18.9 Å². The Morgan fingerprint density at radius 2 is 1.81 bits per heavy atom. The first-order valence-corrected chi connectivity index (χ1v) is 7.15. The molecular weight excluding hydrogens is 268 g/mol. The zero-order valence-corrected chi connectivity index (χ0v) is 11.7. The maximum atomic E-state index is 12.2. The molecule has 0 spiro atoms. The molecule has 1 heterocycles. The smallest absolute Gasteiger partial charge is 0.233 e. The number of anilines is 1. The topological polar surface area (TPSA) is 72.6 Å². The molecule has 1 aliphatic carbocycles. The molecule has 1 fully saturated rings. The number of allylic oxidation sites excluding steroid dienone is 2. The van der Waals surface area contributed by atoms with E-state index in [1.165, 1.54) is 4.90 Å². The summed E-state index contributed by atoms with van der Waals surface area (Å²) in [5, 5.41) is 0. The van der Waals surface area contributed by atoms with Crippen molar-refractivity contribution in [3.8, 4) is 5.75 Å². The van der Waals surface area contributed by atoms with Crippen molar-refractivity contribution < 1.29 is 14.3 Å². The molecule has 1 aromatic carbocycles. The minimum Gasteiger partial charge on any atom is -0.492 e. The van der Waals surface area contributed by atoms with E-state index in [4.69, 9.17) is 10.5 Å². The Morgan fingerprint density at radius 1 is 1.14 bits per heavy atom. The largest absolute Gasteiger partial charge is 0.492 e. The normalized spacial score (nSPS) is 24.3. The van der Waals surface area contributed by atoms with Crippen LogP contribution < -0.4 is 10.5 Å².